The molecule has 0 radical (unpaired) electrons. The molecule has 0 aliphatic rings. The molecule has 0 bridgehead atoms. The van der Waals surface area contributed by atoms with Crippen LogP contribution in [0.15, 0.2) is 12.7 Å². The number of esters is 1. The molecule has 0 aromatic carbocycles. The minimum atomic E-state index is -0.308. The third-order valence-corrected chi connectivity index (χ3v) is 11.3. The Kier molecular flexibility index (Phi) is 38.7. The van der Waals surface area contributed by atoms with Crippen LogP contribution in [0.3, 0.4) is 0 Å². The van der Waals surface area contributed by atoms with Crippen molar-refractivity contribution in [2.45, 2.75) is 284 Å². The second kappa shape index (κ2) is 39.4. The molecule has 0 aromatic heterocycles. The standard InChI is InChI=1S/C47H93NO2/c1-7-10-12-14-16-18-20-22-24-26-28-30-32-34-36-38-40-42-44(4)48(46(6)50-47(49)9-3)45(5)43-41-39-37-35-33-31-29-27-25-23-21-19-17-15-13-11-8-2/h9,44-46H,3,7-8,10-43H2,1-2,4-6H3. The number of unbranched alkanes of at least 4 members (excludes halogenated alkanes) is 32. The van der Waals surface area contributed by atoms with Crippen molar-refractivity contribution in [2.24, 2.45) is 0 Å². The van der Waals surface area contributed by atoms with Gasteiger partial charge in [0.25, 0.3) is 0 Å². The topological polar surface area (TPSA) is 29.5 Å². The van der Waals surface area contributed by atoms with Crippen LogP contribution >= 0.6 is 0 Å². The minimum Gasteiger partial charge on any atom is -0.443 e. The van der Waals surface area contributed by atoms with Crippen molar-refractivity contribution in [3.05, 3.63) is 12.7 Å². The number of hydrogen-bond donors (Lipinski definition) is 0. The summed E-state index contributed by atoms with van der Waals surface area (Å²) in [7, 11) is 0. The van der Waals surface area contributed by atoms with Crippen LogP contribution in [-0.2, 0) is 9.53 Å². The monoisotopic (exact) mass is 704 g/mol. The summed E-state index contributed by atoms with van der Waals surface area (Å²) in [6.45, 7) is 15.0. The summed E-state index contributed by atoms with van der Waals surface area (Å²) in [4.78, 5) is 14.5. The molecule has 0 rings (SSSR count). The SMILES string of the molecule is C=CC(=O)OC(C)N(C(C)CCCCCCCCCCCCCCCCCCC)C(C)CCCCCCCCCCCCCCCCCCC. The molecule has 0 amide bonds. The van der Waals surface area contributed by atoms with Crippen LogP contribution in [0.4, 0.5) is 0 Å². The molecule has 0 spiro atoms. The van der Waals surface area contributed by atoms with E-state index in [4.69, 9.17) is 4.74 Å². The van der Waals surface area contributed by atoms with Gasteiger partial charge in [0.2, 0.25) is 0 Å². The van der Waals surface area contributed by atoms with E-state index in [9.17, 15) is 4.79 Å². The Bertz CT molecular complexity index is 649. The molecule has 3 nitrogen and oxygen atoms in total. The smallest absolute Gasteiger partial charge is 0.331 e. The molecule has 0 aliphatic heterocycles. The summed E-state index contributed by atoms with van der Waals surface area (Å²) >= 11 is 0. The van der Waals surface area contributed by atoms with Gasteiger partial charge in [-0.2, -0.15) is 0 Å². The molecule has 50 heavy (non-hydrogen) atoms. The summed E-state index contributed by atoms with van der Waals surface area (Å²) in [6.07, 6.45) is 51.4. The third-order valence-electron chi connectivity index (χ3n) is 11.3. The molecule has 0 aliphatic carbocycles. The van der Waals surface area contributed by atoms with E-state index in [1.54, 1.807) is 0 Å². The van der Waals surface area contributed by atoms with Gasteiger partial charge in [-0.15, -0.1) is 0 Å². The first-order valence-electron chi connectivity index (χ1n) is 23.1. The van der Waals surface area contributed by atoms with Crippen molar-refractivity contribution < 1.29 is 9.53 Å². The number of hydrogen-bond acceptors (Lipinski definition) is 3. The fourth-order valence-corrected chi connectivity index (χ4v) is 8.06. The van der Waals surface area contributed by atoms with Gasteiger partial charge in [-0.05, 0) is 33.6 Å². The highest BCUT2D eigenvalue weighted by Crippen LogP contribution is 2.23. The van der Waals surface area contributed by atoms with Gasteiger partial charge in [-0.25, -0.2) is 4.79 Å². The Morgan fingerprint density at radius 2 is 0.660 bits per heavy atom. The number of rotatable bonds is 41. The molecule has 3 heteroatoms. The maximum atomic E-state index is 12.1. The highest BCUT2D eigenvalue weighted by molar-refractivity contribution is 5.81. The molecule has 3 atom stereocenters. The van der Waals surface area contributed by atoms with Gasteiger partial charge in [-0.1, -0.05) is 239 Å². The number of nitrogens with zero attached hydrogens (tertiary/aromatic N) is 1. The maximum Gasteiger partial charge on any atom is 0.331 e. The van der Waals surface area contributed by atoms with E-state index in [2.05, 4.69) is 46.1 Å². The summed E-state index contributed by atoms with van der Waals surface area (Å²) in [5.74, 6) is -0.308. The van der Waals surface area contributed by atoms with Crippen LogP contribution in [0.1, 0.15) is 266 Å². The fraction of sp³-hybridized carbons (Fsp3) is 0.936. The zero-order chi connectivity index (χ0) is 36.8. The predicted octanol–water partition coefficient (Wildman–Crippen LogP) is 16.2. The molecule has 0 N–H and O–H groups in total. The lowest BCUT2D eigenvalue weighted by Gasteiger charge is -2.38. The molecule has 3 unspecified atom stereocenters. The van der Waals surface area contributed by atoms with Gasteiger partial charge in [-0.3, -0.25) is 4.90 Å². The molecular formula is C47H93NO2. The van der Waals surface area contributed by atoms with Crippen molar-refractivity contribution in [1.29, 1.82) is 0 Å². The first-order chi connectivity index (χ1) is 24.5. The lowest BCUT2D eigenvalue weighted by atomic mass is 10.0. The molecule has 0 saturated heterocycles. The number of ether oxygens (including phenoxy) is 1. The van der Waals surface area contributed by atoms with Gasteiger partial charge in [0, 0.05) is 18.2 Å². The van der Waals surface area contributed by atoms with Crippen LogP contribution in [0, 0.1) is 0 Å². The van der Waals surface area contributed by atoms with Gasteiger partial charge in [0.15, 0.2) is 6.23 Å². The van der Waals surface area contributed by atoms with E-state index in [1.807, 2.05) is 0 Å². The van der Waals surface area contributed by atoms with Crippen LogP contribution in [0.2, 0.25) is 0 Å². The van der Waals surface area contributed by atoms with Gasteiger partial charge < -0.3 is 4.74 Å². The molecule has 298 valence electrons. The van der Waals surface area contributed by atoms with E-state index in [0.717, 1.165) is 0 Å². The van der Waals surface area contributed by atoms with Crippen molar-refractivity contribution >= 4 is 5.97 Å². The fourth-order valence-electron chi connectivity index (χ4n) is 8.06. The summed E-state index contributed by atoms with van der Waals surface area (Å²) in [5, 5.41) is 0. The van der Waals surface area contributed by atoms with E-state index in [-0.39, 0.29) is 12.2 Å². The summed E-state index contributed by atoms with van der Waals surface area (Å²) < 4.78 is 5.75. The van der Waals surface area contributed by atoms with Gasteiger partial charge >= 0.3 is 5.97 Å². The number of carbonyl (C=O) groups excluding carboxylic acids is 1. The lowest BCUT2D eigenvalue weighted by Crippen LogP contribution is -2.47. The van der Waals surface area contributed by atoms with Crippen LogP contribution < -0.4 is 0 Å². The molecular weight excluding hydrogens is 611 g/mol. The highest BCUT2D eigenvalue weighted by atomic mass is 16.6. The minimum absolute atomic E-state index is 0.206. The van der Waals surface area contributed by atoms with E-state index < -0.39 is 0 Å². The Hall–Kier alpha value is -0.830. The van der Waals surface area contributed by atoms with Crippen molar-refractivity contribution in [1.82, 2.24) is 4.90 Å². The second-order valence-electron chi connectivity index (χ2n) is 16.3. The second-order valence-corrected chi connectivity index (χ2v) is 16.3. The van der Waals surface area contributed by atoms with Crippen LogP contribution in [-0.4, -0.2) is 29.2 Å². The van der Waals surface area contributed by atoms with E-state index >= 15 is 0 Å². The summed E-state index contributed by atoms with van der Waals surface area (Å²) in [6, 6.07) is 0.833. The number of carbonyl (C=O) groups is 1. The quantitative estimate of drug-likeness (QED) is 0.0275. The molecule has 0 aromatic rings. The van der Waals surface area contributed by atoms with Crippen molar-refractivity contribution in [3.8, 4) is 0 Å². The Morgan fingerprint density at radius 3 is 0.880 bits per heavy atom. The van der Waals surface area contributed by atoms with Crippen LogP contribution in [0.5, 0.6) is 0 Å². The normalized spacial score (nSPS) is 13.5. The van der Waals surface area contributed by atoms with Crippen molar-refractivity contribution in [3.63, 3.8) is 0 Å². The van der Waals surface area contributed by atoms with Gasteiger partial charge in [0.05, 0.1) is 0 Å². The third kappa shape index (κ3) is 33.0. The first kappa shape index (κ1) is 49.2. The maximum absolute atomic E-state index is 12.1. The molecule has 0 heterocycles. The summed E-state index contributed by atoms with van der Waals surface area (Å²) in [5.41, 5.74) is 0. The van der Waals surface area contributed by atoms with E-state index in [0.29, 0.717) is 12.1 Å². The highest BCUT2D eigenvalue weighted by Gasteiger charge is 2.27. The average Bonchev–Trinajstić information content (AvgIpc) is 3.10. The zero-order valence-corrected chi connectivity index (χ0v) is 35.2. The average molecular weight is 704 g/mol. The Morgan fingerprint density at radius 1 is 0.440 bits per heavy atom. The Balaban J connectivity index is 3.98. The predicted molar refractivity (Wildman–Crippen MR) is 224 cm³/mol. The lowest BCUT2D eigenvalue weighted by molar-refractivity contribution is -0.156. The van der Waals surface area contributed by atoms with E-state index in [1.165, 1.54) is 237 Å². The van der Waals surface area contributed by atoms with Crippen molar-refractivity contribution in [2.75, 3.05) is 0 Å². The van der Waals surface area contributed by atoms with Crippen LogP contribution in [0.25, 0.3) is 0 Å². The zero-order valence-electron chi connectivity index (χ0n) is 35.2. The molecule has 0 fully saturated rings. The Labute approximate surface area is 316 Å². The van der Waals surface area contributed by atoms with Gasteiger partial charge in [0.1, 0.15) is 0 Å². The largest absolute Gasteiger partial charge is 0.443 e. The molecule has 0 saturated carbocycles. The first-order valence-corrected chi connectivity index (χ1v) is 23.1.